The molecule has 0 fully saturated rings. The van der Waals surface area contributed by atoms with E-state index in [0.717, 1.165) is 64.2 Å². The molecule has 0 spiro atoms. The van der Waals surface area contributed by atoms with Gasteiger partial charge in [-0.25, -0.2) is 0 Å². The standard InChI is InChI=1S/C76H96N5S/c1-13-17-50-78-63-33-25-21-29-59(63)73(5,6)67(78)45-41-55-37-38-56(42-46-68-74(7,8)60-30-22-26-34-64(60)79(68)51-18-14-2)71(55)77-49-54-82-72-57(43-47-69-75(9,10)61-31-23-27-35-65(61)80(69)52-19-15-3)39-40-58(72)44-48-70-76(11,12)62-32-24-28-36-66(62)81(70)53-20-16-4/h21-36,41-48H,13-20,37-40,49-54H2,1-12H3/q+1/p+1/b55-41+,67-45+. The van der Waals surface area contributed by atoms with E-state index in [1.54, 1.807) is 0 Å². The van der Waals surface area contributed by atoms with Gasteiger partial charge in [0.15, 0.2) is 11.4 Å². The number of thioether (sulfide) groups is 1. The number of unbranched alkanes of at least 4 members (excludes halogenated alkanes) is 4. The van der Waals surface area contributed by atoms with Gasteiger partial charge in [0.25, 0.3) is 0 Å². The van der Waals surface area contributed by atoms with Crippen LogP contribution in [-0.4, -0.2) is 59.1 Å². The molecule has 0 atom stereocenters. The third-order valence-electron chi connectivity index (χ3n) is 19.1. The average molecular weight is 1110 g/mol. The van der Waals surface area contributed by atoms with E-state index >= 15 is 0 Å². The van der Waals surface area contributed by atoms with Gasteiger partial charge in [-0.05, 0) is 124 Å². The number of anilines is 2. The maximum atomic E-state index is 4.18. The first-order valence-corrected chi connectivity index (χ1v) is 32.8. The highest BCUT2D eigenvalue weighted by atomic mass is 32.2. The molecule has 6 heteroatoms. The lowest BCUT2D eigenvalue weighted by atomic mass is 9.81. The number of nitrogens with one attached hydrogen (secondary N) is 1. The smallest absolute Gasteiger partial charge is 0.209 e. The van der Waals surface area contributed by atoms with Gasteiger partial charge in [-0.3, -0.25) is 0 Å². The van der Waals surface area contributed by atoms with Crippen molar-refractivity contribution >= 4 is 45.9 Å². The van der Waals surface area contributed by atoms with Crippen molar-refractivity contribution in [3.8, 4) is 0 Å². The van der Waals surface area contributed by atoms with Gasteiger partial charge in [-0.2, -0.15) is 9.15 Å². The van der Waals surface area contributed by atoms with E-state index in [1.165, 1.54) is 152 Å². The minimum absolute atomic E-state index is 0.0806. The van der Waals surface area contributed by atoms with E-state index < -0.39 is 0 Å². The van der Waals surface area contributed by atoms with Gasteiger partial charge in [0.1, 0.15) is 13.1 Å². The molecular formula is C76H97N5S+2. The Kier molecular flexibility index (Phi) is 18.0. The fourth-order valence-electron chi connectivity index (χ4n) is 14.3. The summed E-state index contributed by atoms with van der Waals surface area (Å²) in [6.45, 7) is 33.7. The Bertz CT molecular complexity index is 3150. The van der Waals surface area contributed by atoms with Crippen molar-refractivity contribution in [2.24, 2.45) is 0 Å². The van der Waals surface area contributed by atoms with Crippen LogP contribution in [0.5, 0.6) is 0 Å². The number of benzene rings is 4. The summed E-state index contributed by atoms with van der Waals surface area (Å²) in [6, 6.07) is 36.5. The van der Waals surface area contributed by atoms with Crippen molar-refractivity contribution in [2.75, 3.05) is 48.3 Å². The summed E-state index contributed by atoms with van der Waals surface area (Å²) in [5, 5.41) is 4.18. The lowest BCUT2D eigenvalue weighted by Gasteiger charge is -2.27. The molecule has 82 heavy (non-hydrogen) atoms. The molecule has 4 aliphatic heterocycles. The van der Waals surface area contributed by atoms with Crippen LogP contribution in [-0.2, 0) is 21.7 Å². The first kappa shape index (κ1) is 59.1. The van der Waals surface area contributed by atoms with Crippen molar-refractivity contribution in [1.82, 2.24) is 5.32 Å². The molecule has 0 amide bonds. The minimum Gasteiger partial charge on any atom is -0.384 e. The maximum absolute atomic E-state index is 4.18. The summed E-state index contributed by atoms with van der Waals surface area (Å²) in [5.41, 5.74) is 23.6. The molecule has 6 aliphatic rings. The Labute approximate surface area is 499 Å². The first-order valence-electron chi connectivity index (χ1n) is 31.8. The Morgan fingerprint density at radius 1 is 0.463 bits per heavy atom. The van der Waals surface area contributed by atoms with Gasteiger partial charge in [0.05, 0.1) is 10.8 Å². The SMILES string of the molecule is CCCCN1/C(=C/C=C2\CCC(/C=C/C3=[N+](CCCC)c4ccccc4C3(C)C)=C2NCCSC2=C(/C=C/C3=[N+](CCCC)c4ccccc4C3(C)C)CC/C2=C\C=C2\N(CCCC)c3ccccc3C2(C)C)C(C)(C)c2ccccc21. The van der Waals surface area contributed by atoms with Gasteiger partial charge >= 0.3 is 0 Å². The van der Waals surface area contributed by atoms with E-state index in [1.807, 2.05) is 0 Å². The molecule has 0 radical (unpaired) electrons. The minimum atomic E-state index is -0.0876. The highest BCUT2D eigenvalue weighted by Gasteiger charge is 2.46. The van der Waals surface area contributed by atoms with Crippen LogP contribution in [0.25, 0.3) is 0 Å². The average Bonchev–Trinajstić information content (AvgIpc) is 2.83. The third-order valence-corrected chi connectivity index (χ3v) is 20.3. The van der Waals surface area contributed by atoms with E-state index in [-0.39, 0.29) is 21.7 Å². The molecule has 2 aliphatic carbocycles. The van der Waals surface area contributed by atoms with Gasteiger partial charge in [-0.15, -0.1) is 11.8 Å². The molecule has 4 aromatic carbocycles. The van der Waals surface area contributed by atoms with Crippen LogP contribution in [0.15, 0.2) is 190 Å². The normalized spacial score (nSPS) is 21.4. The molecule has 4 heterocycles. The Hall–Kier alpha value is -6.11. The summed E-state index contributed by atoms with van der Waals surface area (Å²) >= 11 is 2.07. The molecule has 4 aromatic rings. The fourth-order valence-corrected chi connectivity index (χ4v) is 15.5. The molecule has 10 rings (SSSR count). The van der Waals surface area contributed by atoms with Crippen LogP contribution in [0.4, 0.5) is 22.7 Å². The second-order valence-corrected chi connectivity index (χ2v) is 27.1. The third kappa shape index (κ3) is 11.2. The number of nitrogens with zero attached hydrogens (tertiary/aromatic N) is 4. The van der Waals surface area contributed by atoms with Crippen LogP contribution in [0.3, 0.4) is 0 Å². The monoisotopic (exact) mass is 1110 g/mol. The van der Waals surface area contributed by atoms with Gasteiger partial charge in [0.2, 0.25) is 11.4 Å². The van der Waals surface area contributed by atoms with Crippen molar-refractivity contribution in [1.29, 1.82) is 0 Å². The molecule has 0 saturated carbocycles. The summed E-state index contributed by atoms with van der Waals surface area (Å²) in [6.07, 6.45) is 33.5. The zero-order valence-corrected chi connectivity index (χ0v) is 53.1. The molecule has 0 saturated heterocycles. The summed E-state index contributed by atoms with van der Waals surface area (Å²) in [4.78, 5) is 6.70. The lowest BCUT2D eigenvalue weighted by Crippen LogP contribution is -2.28. The van der Waals surface area contributed by atoms with Crippen molar-refractivity contribution in [3.63, 3.8) is 0 Å². The zero-order chi connectivity index (χ0) is 57.8. The van der Waals surface area contributed by atoms with Crippen molar-refractivity contribution in [3.05, 3.63) is 212 Å². The number of fused-ring (bicyclic) bond motifs is 4. The van der Waals surface area contributed by atoms with Gasteiger partial charge in [0, 0.05) is 118 Å². The summed E-state index contributed by atoms with van der Waals surface area (Å²) < 4.78 is 5.24. The highest BCUT2D eigenvalue weighted by molar-refractivity contribution is 8.03. The first-order chi connectivity index (χ1) is 39.6. The van der Waals surface area contributed by atoms with Crippen LogP contribution in [0.1, 0.15) is 182 Å². The predicted molar refractivity (Wildman–Crippen MR) is 355 cm³/mol. The molecule has 430 valence electrons. The van der Waals surface area contributed by atoms with Crippen LogP contribution >= 0.6 is 11.8 Å². The molecule has 5 nitrogen and oxygen atoms in total. The van der Waals surface area contributed by atoms with E-state index in [4.69, 9.17) is 0 Å². The maximum Gasteiger partial charge on any atom is 0.209 e. The molecule has 0 unspecified atom stereocenters. The van der Waals surface area contributed by atoms with Gasteiger partial charge in [-0.1, -0.05) is 178 Å². The molecule has 0 bridgehead atoms. The highest BCUT2D eigenvalue weighted by Crippen LogP contribution is 2.51. The molecule has 0 aromatic heterocycles. The number of hydrogen-bond donors (Lipinski definition) is 1. The van der Waals surface area contributed by atoms with E-state index in [0.29, 0.717) is 0 Å². The Balaban J connectivity index is 1.01. The fraction of sp³-hybridized carbons (Fsp3) is 0.447. The Morgan fingerprint density at radius 2 is 0.890 bits per heavy atom. The van der Waals surface area contributed by atoms with E-state index in [9.17, 15) is 0 Å². The summed E-state index contributed by atoms with van der Waals surface area (Å²) in [7, 11) is 0. The van der Waals surface area contributed by atoms with Crippen LogP contribution in [0, 0.1) is 0 Å². The number of para-hydroxylation sites is 4. The van der Waals surface area contributed by atoms with Crippen LogP contribution in [0.2, 0.25) is 0 Å². The molecule has 1 N–H and O–H groups in total. The number of hydrogen-bond acceptors (Lipinski definition) is 4. The largest absolute Gasteiger partial charge is 0.384 e. The Morgan fingerprint density at radius 3 is 1.39 bits per heavy atom. The van der Waals surface area contributed by atoms with Crippen LogP contribution < -0.4 is 15.1 Å². The zero-order valence-electron chi connectivity index (χ0n) is 52.3. The summed E-state index contributed by atoms with van der Waals surface area (Å²) in [5.74, 6) is 0.961. The van der Waals surface area contributed by atoms with E-state index in [2.05, 4.69) is 265 Å². The molecular weight excluding hydrogens is 1010 g/mol. The lowest BCUT2D eigenvalue weighted by molar-refractivity contribution is -0.438. The predicted octanol–water partition coefficient (Wildman–Crippen LogP) is 19.1. The van der Waals surface area contributed by atoms with Gasteiger partial charge < -0.3 is 15.1 Å². The second-order valence-electron chi connectivity index (χ2n) is 26.0. The topological polar surface area (TPSA) is 24.5 Å². The number of rotatable bonds is 23. The quantitative estimate of drug-likeness (QED) is 0.0591. The number of allylic oxidation sites excluding steroid dienone is 14. The van der Waals surface area contributed by atoms with Crippen molar-refractivity contribution in [2.45, 2.75) is 182 Å². The second kappa shape index (κ2) is 25.0. The van der Waals surface area contributed by atoms with Crippen molar-refractivity contribution < 1.29 is 9.15 Å².